The van der Waals surface area contributed by atoms with E-state index in [0.717, 1.165) is 25.8 Å². The van der Waals surface area contributed by atoms with Gasteiger partial charge in [0.1, 0.15) is 0 Å². The van der Waals surface area contributed by atoms with Crippen LogP contribution in [0.25, 0.3) is 0 Å². The first kappa shape index (κ1) is 25.3. The average molecular weight is 436 g/mol. The van der Waals surface area contributed by atoms with Gasteiger partial charge < -0.3 is 14.9 Å². The molecule has 4 rings (SSSR count). The van der Waals surface area contributed by atoms with Crippen LogP contribution in [0, 0.1) is 0 Å². The lowest BCUT2D eigenvalue weighted by Crippen LogP contribution is -2.65. The molecule has 0 aromatic heterocycles. The van der Waals surface area contributed by atoms with Gasteiger partial charge in [0.2, 0.25) is 0 Å². The van der Waals surface area contributed by atoms with Gasteiger partial charge in [-0.3, -0.25) is 24.3 Å². The molecule has 1 aromatic carbocycles. The summed E-state index contributed by atoms with van der Waals surface area (Å²) in [7, 11) is 2.32. The van der Waals surface area contributed by atoms with Gasteiger partial charge in [-0.15, -0.1) is 0 Å². The van der Waals surface area contributed by atoms with Crippen molar-refractivity contribution in [2.75, 3.05) is 53.0 Å². The maximum Gasteiger partial charge on any atom is 0.290 e. The van der Waals surface area contributed by atoms with Gasteiger partial charge in [-0.05, 0) is 51.4 Å². The number of carbonyl (C=O) groups is 2. The first-order valence-electron chi connectivity index (χ1n) is 11.0. The number of likely N-dealkylation sites (N-methyl/N-ethyl adjacent to an activating group) is 1. The molecule has 8 nitrogen and oxygen atoms in total. The van der Waals surface area contributed by atoms with Crippen LogP contribution in [0.5, 0.6) is 0 Å². The smallest absolute Gasteiger partial charge is 0.290 e. The molecule has 0 aliphatic carbocycles. The number of piperazine rings is 1. The SMILES string of the molecule is CN1CCN(C2CCN(Cc3ccccc3)CC2)CC12CCOCC2.O=CO.O=CO. The minimum Gasteiger partial charge on any atom is -0.483 e. The van der Waals surface area contributed by atoms with Crippen LogP contribution in [-0.2, 0) is 20.9 Å². The highest BCUT2D eigenvalue weighted by Crippen LogP contribution is 2.33. The summed E-state index contributed by atoms with van der Waals surface area (Å²) in [5.74, 6) is 0. The number of piperidine rings is 1. The Hall–Kier alpha value is -2.00. The summed E-state index contributed by atoms with van der Waals surface area (Å²) >= 11 is 0. The third kappa shape index (κ3) is 7.57. The molecule has 0 saturated carbocycles. The van der Waals surface area contributed by atoms with Crippen LogP contribution in [0.15, 0.2) is 30.3 Å². The van der Waals surface area contributed by atoms with Gasteiger partial charge in [0.15, 0.2) is 0 Å². The van der Waals surface area contributed by atoms with Gasteiger partial charge in [-0.2, -0.15) is 0 Å². The van der Waals surface area contributed by atoms with Crippen molar-refractivity contribution in [3.8, 4) is 0 Å². The Morgan fingerprint density at radius 1 is 1.00 bits per heavy atom. The molecule has 3 aliphatic rings. The van der Waals surface area contributed by atoms with E-state index in [2.05, 4.69) is 52.1 Å². The molecule has 3 saturated heterocycles. The molecule has 2 N–H and O–H groups in total. The molecular weight excluding hydrogens is 398 g/mol. The van der Waals surface area contributed by atoms with Gasteiger partial charge in [-0.1, -0.05) is 30.3 Å². The van der Waals surface area contributed by atoms with E-state index in [9.17, 15) is 0 Å². The van der Waals surface area contributed by atoms with Crippen LogP contribution in [0.3, 0.4) is 0 Å². The first-order chi connectivity index (χ1) is 15.1. The maximum atomic E-state index is 8.36. The molecule has 0 radical (unpaired) electrons. The van der Waals surface area contributed by atoms with Crippen LogP contribution < -0.4 is 0 Å². The monoisotopic (exact) mass is 435 g/mol. The number of benzene rings is 1. The zero-order chi connectivity index (χ0) is 22.5. The highest BCUT2D eigenvalue weighted by atomic mass is 16.5. The van der Waals surface area contributed by atoms with E-state index in [1.165, 1.54) is 64.0 Å². The van der Waals surface area contributed by atoms with Gasteiger partial charge in [0.05, 0.1) is 0 Å². The summed E-state index contributed by atoms with van der Waals surface area (Å²) in [5.41, 5.74) is 1.82. The second-order valence-electron chi connectivity index (χ2n) is 8.43. The number of carboxylic acid groups (broad SMARTS) is 2. The summed E-state index contributed by atoms with van der Waals surface area (Å²) in [4.78, 5) is 24.8. The van der Waals surface area contributed by atoms with E-state index >= 15 is 0 Å². The minimum atomic E-state index is -0.250. The van der Waals surface area contributed by atoms with Gasteiger partial charge >= 0.3 is 0 Å². The summed E-state index contributed by atoms with van der Waals surface area (Å²) in [6, 6.07) is 11.7. The topological polar surface area (TPSA) is 93.5 Å². The van der Waals surface area contributed by atoms with Crippen molar-refractivity contribution in [1.29, 1.82) is 0 Å². The highest BCUT2D eigenvalue weighted by molar-refractivity contribution is 5.33. The fourth-order valence-electron chi connectivity index (χ4n) is 4.98. The lowest BCUT2D eigenvalue weighted by atomic mass is 9.84. The van der Waals surface area contributed by atoms with Gasteiger partial charge in [-0.25, -0.2) is 0 Å². The zero-order valence-corrected chi connectivity index (χ0v) is 18.6. The van der Waals surface area contributed by atoms with E-state index in [4.69, 9.17) is 24.5 Å². The third-order valence-electron chi connectivity index (χ3n) is 6.78. The maximum absolute atomic E-state index is 8.36. The van der Waals surface area contributed by atoms with Crippen molar-refractivity contribution >= 4 is 12.9 Å². The van der Waals surface area contributed by atoms with Crippen LogP contribution in [0.4, 0.5) is 0 Å². The second-order valence-corrected chi connectivity index (χ2v) is 8.43. The van der Waals surface area contributed by atoms with Gasteiger partial charge in [0.25, 0.3) is 12.9 Å². The van der Waals surface area contributed by atoms with E-state index in [1.54, 1.807) is 0 Å². The number of rotatable bonds is 3. The molecule has 0 bridgehead atoms. The number of hydrogen-bond donors (Lipinski definition) is 2. The molecule has 3 aliphatic heterocycles. The lowest BCUT2D eigenvalue weighted by molar-refractivity contribution is -0.123. The van der Waals surface area contributed by atoms with Crippen molar-refractivity contribution in [3.63, 3.8) is 0 Å². The Morgan fingerprint density at radius 2 is 1.58 bits per heavy atom. The number of ether oxygens (including phenoxy) is 1. The fraction of sp³-hybridized carbons (Fsp3) is 0.652. The summed E-state index contributed by atoms with van der Waals surface area (Å²) < 4.78 is 5.64. The Labute approximate surface area is 185 Å². The molecule has 8 heteroatoms. The van der Waals surface area contributed by atoms with E-state index in [1.807, 2.05) is 0 Å². The Kier molecular flexibility index (Phi) is 10.9. The highest BCUT2D eigenvalue weighted by Gasteiger charge is 2.42. The van der Waals surface area contributed by atoms with Crippen LogP contribution >= 0.6 is 0 Å². The predicted molar refractivity (Wildman–Crippen MR) is 119 cm³/mol. The molecule has 174 valence electrons. The van der Waals surface area contributed by atoms with Crippen molar-refractivity contribution in [1.82, 2.24) is 14.7 Å². The number of likely N-dealkylation sites (tertiary alicyclic amines) is 1. The minimum absolute atomic E-state index is 0.250. The molecule has 3 heterocycles. The Bertz CT molecular complexity index is 625. The molecular formula is C23H37N3O5. The summed E-state index contributed by atoms with van der Waals surface area (Å²) in [6.07, 6.45) is 5.05. The van der Waals surface area contributed by atoms with Crippen LogP contribution in [-0.4, -0.2) is 102 Å². The number of nitrogens with zero attached hydrogens (tertiary/aromatic N) is 3. The fourth-order valence-corrected chi connectivity index (χ4v) is 4.98. The van der Waals surface area contributed by atoms with Crippen LogP contribution in [0.2, 0.25) is 0 Å². The van der Waals surface area contributed by atoms with Crippen LogP contribution in [0.1, 0.15) is 31.2 Å². The summed E-state index contributed by atoms with van der Waals surface area (Å²) in [6.45, 7) is 8.66. The molecule has 0 unspecified atom stereocenters. The van der Waals surface area contributed by atoms with E-state index in [0.29, 0.717) is 5.54 Å². The normalized spacial score (nSPS) is 22.5. The standard InChI is InChI=1S/C21H33N3O.2CH2O2/c1-22-13-14-24(18-21(22)9-15-25-16-10-21)20-7-11-23(12-8-20)17-19-5-3-2-4-6-19;2*2-1-3/h2-6,20H,7-18H2,1H3;2*1H,(H,2,3). The first-order valence-corrected chi connectivity index (χ1v) is 11.0. The molecule has 31 heavy (non-hydrogen) atoms. The quantitative estimate of drug-likeness (QED) is 0.695. The van der Waals surface area contributed by atoms with Crippen molar-refractivity contribution in [2.24, 2.45) is 0 Å². The second kappa shape index (κ2) is 13.4. The van der Waals surface area contributed by atoms with Crippen molar-refractivity contribution in [3.05, 3.63) is 35.9 Å². The van der Waals surface area contributed by atoms with E-state index in [-0.39, 0.29) is 12.9 Å². The van der Waals surface area contributed by atoms with E-state index < -0.39 is 0 Å². The number of hydrogen-bond acceptors (Lipinski definition) is 6. The van der Waals surface area contributed by atoms with Crippen molar-refractivity contribution in [2.45, 2.75) is 43.8 Å². The lowest BCUT2D eigenvalue weighted by Gasteiger charge is -2.53. The average Bonchev–Trinajstić information content (AvgIpc) is 2.79. The van der Waals surface area contributed by atoms with Gasteiger partial charge in [0, 0.05) is 51.0 Å². The molecule has 0 atom stereocenters. The molecule has 1 aromatic rings. The third-order valence-corrected chi connectivity index (χ3v) is 6.78. The predicted octanol–water partition coefficient (Wildman–Crippen LogP) is 1.85. The zero-order valence-electron chi connectivity index (χ0n) is 18.6. The van der Waals surface area contributed by atoms with Crippen molar-refractivity contribution < 1.29 is 24.5 Å². The largest absolute Gasteiger partial charge is 0.483 e. The Morgan fingerprint density at radius 3 is 2.16 bits per heavy atom. The molecule has 0 amide bonds. The molecule has 1 spiro atoms. The molecule has 3 fully saturated rings. The summed E-state index contributed by atoms with van der Waals surface area (Å²) in [5, 5.41) is 13.8. The Balaban J connectivity index is 0.000000513.